The van der Waals surface area contributed by atoms with Crippen molar-refractivity contribution in [2.45, 2.75) is 25.7 Å². The molecule has 5 nitrogen and oxygen atoms in total. The van der Waals surface area contributed by atoms with Crippen LogP contribution in [0.5, 0.6) is 11.5 Å². The molecule has 1 aromatic carbocycles. The van der Waals surface area contributed by atoms with Crippen molar-refractivity contribution >= 4 is 18.3 Å². The molecule has 1 amide bonds. The molecule has 1 aromatic rings. The van der Waals surface area contributed by atoms with Gasteiger partial charge in [0.1, 0.15) is 18.1 Å². The van der Waals surface area contributed by atoms with Crippen molar-refractivity contribution in [3.05, 3.63) is 23.8 Å². The lowest BCUT2D eigenvalue weighted by Crippen LogP contribution is -2.39. The molecule has 2 aliphatic rings. The number of methoxy groups -OCH3 is 1. The highest BCUT2D eigenvalue weighted by molar-refractivity contribution is 5.85. The van der Waals surface area contributed by atoms with Crippen LogP contribution in [0.15, 0.2) is 18.2 Å². The number of carbonyl (C=O) groups excluding carboxylic acids is 1. The number of ether oxygens (including phenoxy) is 2. The number of fused-ring (bicyclic) bond motifs is 1. The average molecular weight is 355 g/mol. The van der Waals surface area contributed by atoms with Crippen LogP contribution in [-0.2, 0) is 11.2 Å². The van der Waals surface area contributed by atoms with Crippen LogP contribution >= 0.6 is 12.4 Å². The average Bonchev–Trinajstić information content (AvgIpc) is 2.61. The number of carbonyl (C=O) groups is 1. The summed E-state index contributed by atoms with van der Waals surface area (Å²) in [5.41, 5.74) is 1.05. The first-order valence-corrected chi connectivity index (χ1v) is 8.54. The summed E-state index contributed by atoms with van der Waals surface area (Å²) in [5, 5.41) is 6.49. The lowest BCUT2D eigenvalue weighted by atomic mass is 9.94. The highest BCUT2D eigenvalue weighted by Gasteiger charge is 2.26. The van der Waals surface area contributed by atoms with E-state index in [1.807, 2.05) is 18.2 Å². The van der Waals surface area contributed by atoms with Gasteiger partial charge in [0.2, 0.25) is 5.91 Å². The quantitative estimate of drug-likeness (QED) is 0.850. The highest BCUT2D eigenvalue weighted by atomic mass is 35.5. The Morgan fingerprint density at radius 2 is 2.33 bits per heavy atom. The summed E-state index contributed by atoms with van der Waals surface area (Å²) in [7, 11) is 1.65. The van der Waals surface area contributed by atoms with Gasteiger partial charge in [0.05, 0.1) is 13.0 Å². The van der Waals surface area contributed by atoms with Crippen LogP contribution in [0.4, 0.5) is 0 Å². The number of hydrogen-bond donors (Lipinski definition) is 2. The molecule has 3 rings (SSSR count). The maximum Gasteiger partial charge on any atom is 0.226 e. The molecule has 1 saturated heterocycles. The largest absolute Gasteiger partial charge is 0.497 e. The topological polar surface area (TPSA) is 59.6 Å². The van der Waals surface area contributed by atoms with E-state index in [4.69, 9.17) is 9.47 Å². The number of rotatable bonds is 5. The van der Waals surface area contributed by atoms with Crippen molar-refractivity contribution in [1.82, 2.24) is 10.6 Å². The molecule has 0 aromatic heterocycles. The molecule has 0 saturated carbocycles. The molecular weight excluding hydrogens is 328 g/mol. The number of nitrogens with one attached hydrogen (secondary N) is 2. The Morgan fingerprint density at radius 1 is 1.46 bits per heavy atom. The van der Waals surface area contributed by atoms with E-state index in [-0.39, 0.29) is 24.2 Å². The summed E-state index contributed by atoms with van der Waals surface area (Å²) >= 11 is 0. The van der Waals surface area contributed by atoms with E-state index in [0.717, 1.165) is 43.1 Å². The first kappa shape index (κ1) is 18.9. The summed E-state index contributed by atoms with van der Waals surface area (Å²) in [5.74, 6) is 2.35. The third-order valence-electron chi connectivity index (χ3n) is 4.80. The normalized spacial score (nSPS) is 22.5. The molecular formula is C18H27ClN2O3. The van der Waals surface area contributed by atoms with Gasteiger partial charge in [-0.1, -0.05) is 0 Å². The maximum absolute atomic E-state index is 12.4. The molecule has 1 fully saturated rings. The molecule has 2 unspecified atom stereocenters. The second kappa shape index (κ2) is 9.14. The Bertz CT molecular complexity index is 547. The molecule has 0 bridgehead atoms. The smallest absolute Gasteiger partial charge is 0.226 e. The van der Waals surface area contributed by atoms with Gasteiger partial charge in [-0.15, -0.1) is 12.4 Å². The van der Waals surface area contributed by atoms with Crippen molar-refractivity contribution in [2.24, 2.45) is 11.8 Å². The van der Waals surface area contributed by atoms with Gasteiger partial charge < -0.3 is 20.1 Å². The van der Waals surface area contributed by atoms with E-state index >= 15 is 0 Å². The van der Waals surface area contributed by atoms with E-state index in [1.54, 1.807) is 7.11 Å². The SMILES string of the molecule is COc1ccc2c(c1)CC(C(=O)NCCC1CCCNC1)CO2.Cl. The zero-order valence-electron chi connectivity index (χ0n) is 14.2. The Labute approximate surface area is 149 Å². The molecule has 24 heavy (non-hydrogen) atoms. The van der Waals surface area contributed by atoms with E-state index in [9.17, 15) is 4.79 Å². The van der Waals surface area contributed by atoms with Gasteiger partial charge in [0.25, 0.3) is 0 Å². The van der Waals surface area contributed by atoms with Gasteiger partial charge in [0.15, 0.2) is 0 Å². The number of piperidine rings is 1. The van der Waals surface area contributed by atoms with Crippen LogP contribution in [0.2, 0.25) is 0 Å². The van der Waals surface area contributed by atoms with Crippen LogP contribution in [0, 0.1) is 11.8 Å². The number of halogens is 1. The molecule has 0 spiro atoms. The molecule has 0 aliphatic carbocycles. The molecule has 0 radical (unpaired) electrons. The van der Waals surface area contributed by atoms with Crippen LogP contribution in [0.1, 0.15) is 24.8 Å². The van der Waals surface area contributed by atoms with Crippen molar-refractivity contribution in [2.75, 3.05) is 33.4 Å². The van der Waals surface area contributed by atoms with Gasteiger partial charge >= 0.3 is 0 Å². The predicted molar refractivity (Wildman–Crippen MR) is 96.2 cm³/mol. The Hall–Kier alpha value is -1.46. The number of benzene rings is 1. The van der Waals surface area contributed by atoms with Crippen molar-refractivity contribution in [3.8, 4) is 11.5 Å². The molecule has 2 aliphatic heterocycles. The molecule has 134 valence electrons. The Kier molecular flexibility index (Phi) is 7.18. The molecule has 6 heteroatoms. The summed E-state index contributed by atoms with van der Waals surface area (Å²) in [6.07, 6.45) is 4.27. The minimum absolute atomic E-state index is 0. The summed E-state index contributed by atoms with van der Waals surface area (Å²) in [6, 6.07) is 5.76. The van der Waals surface area contributed by atoms with Crippen molar-refractivity contribution in [3.63, 3.8) is 0 Å². The lowest BCUT2D eigenvalue weighted by molar-refractivity contribution is -0.126. The summed E-state index contributed by atoms with van der Waals surface area (Å²) in [6.45, 7) is 3.42. The highest BCUT2D eigenvalue weighted by Crippen LogP contribution is 2.30. The lowest BCUT2D eigenvalue weighted by Gasteiger charge is -2.26. The Balaban J connectivity index is 0.00000208. The minimum Gasteiger partial charge on any atom is -0.497 e. The second-order valence-corrected chi connectivity index (χ2v) is 6.48. The third kappa shape index (κ3) is 4.77. The van der Waals surface area contributed by atoms with Gasteiger partial charge in [0, 0.05) is 6.54 Å². The fourth-order valence-electron chi connectivity index (χ4n) is 3.38. The van der Waals surface area contributed by atoms with Crippen molar-refractivity contribution in [1.29, 1.82) is 0 Å². The summed E-state index contributed by atoms with van der Waals surface area (Å²) < 4.78 is 11.0. The first-order chi connectivity index (χ1) is 11.3. The maximum atomic E-state index is 12.4. The number of amides is 1. The van der Waals surface area contributed by atoms with Crippen LogP contribution in [0.3, 0.4) is 0 Å². The molecule has 2 N–H and O–H groups in total. The van der Waals surface area contributed by atoms with E-state index in [0.29, 0.717) is 18.9 Å². The van der Waals surface area contributed by atoms with E-state index < -0.39 is 0 Å². The van der Waals surface area contributed by atoms with E-state index in [1.165, 1.54) is 12.8 Å². The van der Waals surface area contributed by atoms with Gasteiger partial charge in [-0.2, -0.15) is 0 Å². The fourth-order valence-corrected chi connectivity index (χ4v) is 3.38. The fraction of sp³-hybridized carbons (Fsp3) is 0.611. The molecule has 2 heterocycles. The first-order valence-electron chi connectivity index (χ1n) is 8.54. The zero-order valence-corrected chi connectivity index (χ0v) is 15.0. The zero-order chi connectivity index (χ0) is 16.1. The summed E-state index contributed by atoms with van der Waals surface area (Å²) in [4.78, 5) is 12.4. The standard InChI is InChI=1S/C18H26N2O3.ClH/c1-22-16-4-5-17-14(10-16)9-15(12-23-17)18(21)20-8-6-13-3-2-7-19-11-13;/h4-5,10,13,15,19H,2-3,6-9,11-12H2,1H3,(H,20,21);1H. The minimum atomic E-state index is -0.112. The molecule has 2 atom stereocenters. The van der Waals surface area contributed by atoms with Crippen LogP contribution in [0.25, 0.3) is 0 Å². The predicted octanol–water partition coefficient (Wildman–Crippen LogP) is 2.17. The third-order valence-corrected chi connectivity index (χ3v) is 4.80. The monoisotopic (exact) mass is 354 g/mol. The van der Waals surface area contributed by atoms with E-state index in [2.05, 4.69) is 10.6 Å². The number of hydrogen-bond acceptors (Lipinski definition) is 4. The van der Waals surface area contributed by atoms with Gasteiger partial charge in [-0.3, -0.25) is 4.79 Å². The van der Waals surface area contributed by atoms with Gasteiger partial charge in [-0.25, -0.2) is 0 Å². The Morgan fingerprint density at radius 3 is 3.08 bits per heavy atom. The van der Waals surface area contributed by atoms with Crippen LogP contribution < -0.4 is 20.1 Å². The van der Waals surface area contributed by atoms with Crippen molar-refractivity contribution < 1.29 is 14.3 Å². The second-order valence-electron chi connectivity index (χ2n) is 6.48. The van der Waals surface area contributed by atoms with Gasteiger partial charge in [-0.05, 0) is 68.5 Å². The van der Waals surface area contributed by atoms with Crippen LogP contribution in [-0.4, -0.2) is 39.3 Å².